The Morgan fingerprint density at radius 1 is 1.41 bits per heavy atom. The number of hydrogen-bond donors (Lipinski definition) is 1. The predicted octanol–water partition coefficient (Wildman–Crippen LogP) is 2.69. The third-order valence-corrected chi connectivity index (χ3v) is 2.51. The van der Waals surface area contributed by atoms with Crippen LogP contribution in [0.2, 0.25) is 0 Å². The number of nitrogens with zero attached hydrogens (tertiary/aromatic N) is 2. The smallest absolute Gasteiger partial charge is 0.173 e. The first-order valence-corrected chi connectivity index (χ1v) is 6.06. The van der Waals surface area contributed by atoms with E-state index in [0.717, 1.165) is 5.69 Å². The van der Waals surface area contributed by atoms with E-state index in [-0.39, 0.29) is 6.04 Å². The van der Waals surface area contributed by atoms with Crippen LogP contribution in [0, 0.1) is 11.3 Å². The minimum atomic E-state index is 0.288. The van der Waals surface area contributed by atoms with Gasteiger partial charge < -0.3 is 10.2 Å². The standard InChI is InChI=1S/C13H17N3S/c1-11(2)15-13(17)16(10-6-9-14)12-7-4-3-5-8-12/h3-5,7-8,11H,6,10H2,1-2H3,(H,15,17). The average molecular weight is 247 g/mol. The fourth-order valence-electron chi connectivity index (χ4n) is 1.44. The van der Waals surface area contributed by atoms with Crippen molar-refractivity contribution in [1.82, 2.24) is 5.32 Å². The monoisotopic (exact) mass is 247 g/mol. The Morgan fingerprint density at radius 2 is 2.06 bits per heavy atom. The molecule has 0 fully saturated rings. The normalized spacial score (nSPS) is 9.76. The number of benzene rings is 1. The third-order valence-electron chi connectivity index (χ3n) is 2.17. The lowest BCUT2D eigenvalue weighted by atomic mass is 10.3. The van der Waals surface area contributed by atoms with Crippen molar-refractivity contribution in [1.29, 1.82) is 5.26 Å². The quantitative estimate of drug-likeness (QED) is 0.830. The zero-order valence-electron chi connectivity index (χ0n) is 10.2. The highest BCUT2D eigenvalue weighted by Gasteiger charge is 2.11. The predicted molar refractivity (Wildman–Crippen MR) is 74.9 cm³/mol. The molecular weight excluding hydrogens is 230 g/mol. The number of rotatable bonds is 4. The van der Waals surface area contributed by atoms with Gasteiger partial charge in [0.15, 0.2) is 5.11 Å². The van der Waals surface area contributed by atoms with Gasteiger partial charge in [-0.2, -0.15) is 5.26 Å². The summed E-state index contributed by atoms with van der Waals surface area (Å²) < 4.78 is 0. The van der Waals surface area contributed by atoms with E-state index < -0.39 is 0 Å². The van der Waals surface area contributed by atoms with Crippen molar-refractivity contribution in [2.45, 2.75) is 26.3 Å². The summed E-state index contributed by atoms with van der Waals surface area (Å²) in [6, 6.07) is 12.3. The number of anilines is 1. The van der Waals surface area contributed by atoms with E-state index in [1.54, 1.807) is 0 Å². The number of nitrogens with one attached hydrogen (secondary N) is 1. The molecule has 0 aliphatic carbocycles. The first kappa shape index (κ1) is 13.5. The van der Waals surface area contributed by atoms with Crippen LogP contribution >= 0.6 is 12.2 Å². The SMILES string of the molecule is CC(C)NC(=S)N(CCC#N)c1ccccc1. The number of nitriles is 1. The Hall–Kier alpha value is -1.60. The molecule has 0 unspecified atom stereocenters. The van der Waals surface area contributed by atoms with Crippen LogP contribution in [0.25, 0.3) is 0 Å². The first-order chi connectivity index (χ1) is 8.15. The van der Waals surface area contributed by atoms with Gasteiger partial charge in [-0.25, -0.2) is 0 Å². The Bertz CT molecular complexity index is 395. The van der Waals surface area contributed by atoms with Gasteiger partial charge in [-0.1, -0.05) is 18.2 Å². The highest BCUT2D eigenvalue weighted by Crippen LogP contribution is 2.14. The van der Waals surface area contributed by atoms with Crippen molar-refractivity contribution >= 4 is 23.0 Å². The van der Waals surface area contributed by atoms with Crippen molar-refractivity contribution < 1.29 is 0 Å². The van der Waals surface area contributed by atoms with Crippen LogP contribution in [0.4, 0.5) is 5.69 Å². The Labute approximate surface area is 108 Å². The van der Waals surface area contributed by atoms with Crippen molar-refractivity contribution in [2.24, 2.45) is 0 Å². The zero-order chi connectivity index (χ0) is 12.7. The molecule has 0 heterocycles. The molecule has 1 rings (SSSR count). The van der Waals surface area contributed by atoms with Crippen LogP contribution in [-0.4, -0.2) is 17.7 Å². The molecule has 0 saturated carbocycles. The van der Waals surface area contributed by atoms with Crippen LogP contribution in [-0.2, 0) is 0 Å². The van der Waals surface area contributed by atoms with E-state index in [1.807, 2.05) is 49.1 Å². The molecule has 1 aromatic rings. The summed E-state index contributed by atoms with van der Waals surface area (Å²) in [5.41, 5.74) is 1.01. The molecule has 0 aliphatic heterocycles. The molecule has 0 aliphatic rings. The molecule has 17 heavy (non-hydrogen) atoms. The zero-order valence-corrected chi connectivity index (χ0v) is 11.0. The van der Waals surface area contributed by atoms with Crippen LogP contribution in [0.5, 0.6) is 0 Å². The van der Waals surface area contributed by atoms with Gasteiger partial charge in [0, 0.05) is 18.3 Å². The molecule has 3 nitrogen and oxygen atoms in total. The van der Waals surface area contributed by atoms with E-state index in [4.69, 9.17) is 17.5 Å². The molecular formula is C13H17N3S. The van der Waals surface area contributed by atoms with Gasteiger partial charge in [-0.05, 0) is 38.2 Å². The molecule has 0 bridgehead atoms. The Kier molecular flexibility index (Phi) is 5.44. The molecule has 1 aromatic carbocycles. The van der Waals surface area contributed by atoms with Crippen molar-refractivity contribution in [3.05, 3.63) is 30.3 Å². The minimum Gasteiger partial charge on any atom is -0.360 e. The van der Waals surface area contributed by atoms with Gasteiger partial charge in [-0.15, -0.1) is 0 Å². The second-order valence-corrected chi connectivity index (χ2v) is 4.39. The second kappa shape index (κ2) is 6.87. The summed E-state index contributed by atoms with van der Waals surface area (Å²) >= 11 is 5.35. The highest BCUT2D eigenvalue weighted by molar-refractivity contribution is 7.80. The maximum atomic E-state index is 8.69. The topological polar surface area (TPSA) is 39.1 Å². The maximum absolute atomic E-state index is 8.69. The molecule has 0 saturated heterocycles. The lowest BCUT2D eigenvalue weighted by Gasteiger charge is -2.26. The highest BCUT2D eigenvalue weighted by atomic mass is 32.1. The van der Waals surface area contributed by atoms with Crippen molar-refractivity contribution in [3.63, 3.8) is 0 Å². The number of thiocarbonyl (C=S) groups is 1. The van der Waals surface area contributed by atoms with E-state index in [1.165, 1.54) is 0 Å². The lowest BCUT2D eigenvalue weighted by Crippen LogP contribution is -2.43. The van der Waals surface area contributed by atoms with Crippen LogP contribution in [0.15, 0.2) is 30.3 Å². The van der Waals surface area contributed by atoms with E-state index >= 15 is 0 Å². The van der Waals surface area contributed by atoms with E-state index in [0.29, 0.717) is 18.1 Å². The van der Waals surface area contributed by atoms with Gasteiger partial charge >= 0.3 is 0 Å². The van der Waals surface area contributed by atoms with Crippen molar-refractivity contribution in [3.8, 4) is 6.07 Å². The molecule has 1 N–H and O–H groups in total. The molecule has 90 valence electrons. The average Bonchev–Trinajstić information content (AvgIpc) is 2.30. The van der Waals surface area contributed by atoms with Gasteiger partial charge in [0.05, 0.1) is 12.5 Å². The summed E-state index contributed by atoms with van der Waals surface area (Å²) in [7, 11) is 0. The van der Waals surface area contributed by atoms with E-state index in [9.17, 15) is 0 Å². The lowest BCUT2D eigenvalue weighted by molar-refractivity contribution is 0.726. The van der Waals surface area contributed by atoms with Gasteiger partial charge in [0.25, 0.3) is 0 Å². The van der Waals surface area contributed by atoms with Crippen molar-refractivity contribution in [2.75, 3.05) is 11.4 Å². The summed E-state index contributed by atoms with van der Waals surface area (Å²) in [6.45, 7) is 4.69. The molecule has 0 amide bonds. The fraction of sp³-hybridized carbons (Fsp3) is 0.385. The molecule has 0 aromatic heterocycles. The molecule has 0 atom stereocenters. The van der Waals surface area contributed by atoms with Crippen LogP contribution in [0.1, 0.15) is 20.3 Å². The molecule has 0 spiro atoms. The Morgan fingerprint density at radius 3 is 2.59 bits per heavy atom. The third kappa shape index (κ3) is 4.41. The Balaban J connectivity index is 2.81. The van der Waals surface area contributed by atoms with E-state index in [2.05, 4.69) is 11.4 Å². The van der Waals surface area contributed by atoms with Crippen LogP contribution in [0.3, 0.4) is 0 Å². The molecule has 0 radical (unpaired) electrons. The summed E-state index contributed by atoms with van der Waals surface area (Å²) in [6.07, 6.45) is 0.453. The second-order valence-electron chi connectivity index (χ2n) is 4.00. The maximum Gasteiger partial charge on any atom is 0.173 e. The first-order valence-electron chi connectivity index (χ1n) is 5.65. The number of hydrogen-bond acceptors (Lipinski definition) is 2. The van der Waals surface area contributed by atoms with Gasteiger partial charge in [-0.3, -0.25) is 0 Å². The van der Waals surface area contributed by atoms with Gasteiger partial charge in [0.1, 0.15) is 0 Å². The number of para-hydroxylation sites is 1. The summed E-state index contributed by atoms with van der Waals surface area (Å²) in [4.78, 5) is 1.96. The minimum absolute atomic E-state index is 0.288. The van der Waals surface area contributed by atoms with Gasteiger partial charge in [0.2, 0.25) is 0 Å². The summed E-state index contributed by atoms with van der Waals surface area (Å²) in [5, 5.41) is 12.6. The summed E-state index contributed by atoms with van der Waals surface area (Å²) in [5.74, 6) is 0. The fourth-order valence-corrected chi connectivity index (χ4v) is 1.87. The molecule has 4 heteroatoms. The van der Waals surface area contributed by atoms with Crippen LogP contribution < -0.4 is 10.2 Å². The largest absolute Gasteiger partial charge is 0.360 e.